The Kier molecular flexibility index (Phi) is 11.2. The maximum atomic E-state index is 2.64. The van der Waals surface area contributed by atoms with Gasteiger partial charge in [-0.25, -0.2) is 0 Å². The van der Waals surface area contributed by atoms with Crippen molar-refractivity contribution in [1.29, 1.82) is 0 Å². The smallest absolute Gasteiger partial charge is 0.0543 e. The van der Waals surface area contributed by atoms with Crippen molar-refractivity contribution in [2.45, 2.75) is 87.5 Å². The molecule has 2 heteroatoms. The Labute approximate surface area is 392 Å². The van der Waals surface area contributed by atoms with Crippen LogP contribution in [-0.4, -0.2) is 0 Å². The molecule has 0 N–H and O–H groups in total. The molecule has 0 radical (unpaired) electrons. The SMILES string of the molecule is CC1=C(N(c2cccc(C)c2)c2cc(C(C)C)c3ccc4c(N(c5cccc(C)c5)c5c(C)ccc(-c6ccccc6)c5C)cc(C(C)C)c5ccc2c3c54)C(C)CC=C1c1ccccc1. The topological polar surface area (TPSA) is 6.48 Å². The van der Waals surface area contributed by atoms with Crippen LogP contribution in [0.25, 0.3) is 49.0 Å². The Morgan fingerprint density at radius 3 is 1.52 bits per heavy atom. The number of benzene rings is 9. The first-order chi connectivity index (χ1) is 31.9. The molecule has 0 amide bonds. The summed E-state index contributed by atoms with van der Waals surface area (Å²) in [4.78, 5) is 5.23. The minimum absolute atomic E-state index is 0.289. The summed E-state index contributed by atoms with van der Waals surface area (Å²) in [6, 6.07) is 59.5. The molecule has 0 aromatic heterocycles. The Balaban J connectivity index is 1.33. The van der Waals surface area contributed by atoms with Crippen molar-refractivity contribution in [3.63, 3.8) is 0 Å². The zero-order valence-electron chi connectivity index (χ0n) is 40.4. The highest BCUT2D eigenvalue weighted by molar-refractivity contribution is 6.29. The van der Waals surface area contributed by atoms with Crippen LogP contribution in [0.15, 0.2) is 175 Å². The second-order valence-electron chi connectivity index (χ2n) is 19.6. The predicted octanol–water partition coefficient (Wildman–Crippen LogP) is 18.7. The Morgan fingerprint density at radius 2 is 0.985 bits per heavy atom. The van der Waals surface area contributed by atoms with Crippen molar-refractivity contribution < 1.29 is 0 Å². The number of aryl methyl sites for hydroxylation is 3. The van der Waals surface area contributed by atoms with Crippen LogP contribution in [0.3, 0.4) is 0 Å². The van der Waals surface area contributed by atoms with E-state index in [0.29, 0.717) is 11.8 Å². The van der Waals surface area contributed by atoms with Crippen molar-refractivity contribution in [3.8, 4) is 11.1 Å². The van der Waals surface area contributed by atoms with Crippen molar-refractivity contribution in [1.82, 2.24) is 0 Å². The van der Waals surface area contributed by atoms with Crippen LogP contribution in [0, 0.1) is 33.6 Å². The van der Waals surface area contributed by atoms with Gasteiger partial charge in [0.25, 0.3) is 0 Å². The number of hydrogen-bond donors (Lipinski definition) is 0. The van der Waals surface area contributed by atoms with E-state index in [-0.39, 0.29) is 5.92 Å². The molecule has 0 spiro atoms. The molecule has 0 bridgehead atoms. The average molecular weight is 859 g/mol. The molecule has 0 heterocycles. The highest BCUT2D eigenvalue weighted by atomic mass is 15.2. The highest BCUT2D eigenvalue weighted by Gasteiger charge is 2.31. The molecule has 328 valence electrons. The molecule has 0 aliphatic heterocycles. The number of nitrogens with zero attached hydrogens (tertiary/aromatic N) is 2. The quantitative estimate of drug-likeness (QED) is 0.126. The lowest BCUT2D eigenvalue weighted by Crippen LogP contribution is -2.25. The molecule has 10 rings (SSSR count). The third kappa shape index (κ3) is 7.28. The second-order valence-corrected chi connectivity index (χ2v) is 19.6. The summed E-state index contributed by atoms with van der Waals surface area (Å²) < 4.78 is 0. The molecule has 1 atom stereocenters. The van der Waals surface area contributed by atoms with Crippen LogP contribution >= 0.6 is 0 Å². The van der Waals surface area contributed by atoms with Gasteiger partial charge in [0.05, 0.1) is 17.1 Å². The van der Waals surface area contributed by atoms with Gasteiger partial charge < -0.3 is 9.80 Å². The standard InChI is InChI=1S/C64H62N2/c1-39(2)57-37-59(65(49-25-17-19-41(5)35-49)63-43(7)27-29-51(45(63)9)47-21-13-11-14-22-47)55-34-32-54-58(40(3)4)38-60(56-33-31-53(57)61(55)62(54)56)66(50-26-18-20-42(6)36-50)64-44(8)28-30-52(46(64)10)48-23-15-12-16-24-48/h11-27,29-40,44H,28H2,1-10H3. The maximum absolute atomic E-state index is 2.64. The van der Waals surface area contributed by atoms with Gasteiger partial charge in [0.2, 0.25) is 0 Å². The van der Waals surface area contributed by atoms with Crippen molar-refractivity contribution >= 4 is 66.3 Å². The molecule has 66 heavy (non-hydrogen) atoms. The van der Waals surface area contributed by atoms with Gasteiger partial charge in [-0.15, -0.1) is 0 Å². The van der Waals surface area contributed by atoms with E-state index in [2.05, 4.69) is 243 Å². The van der Waals surface area contributed by atoms with E-state index in [0.717, 1.165) is 6.42 Å². The van der Waals surface area contributed by atoms with Gasteiger partial charge >= 0.3 is 0 Å². The fraction of sp³-hybridized carbons (Fsp3) is 0.219. The van der Waals surface area contributed by atoms with Gasteiger partial charge in [0.1, 0.15) is 0 Å². The summed E-state index contributed by atoms with van der Waals surface area (Å²) >= 11 is 0. The molecule has 1 aliphatic carbocycles. The first-order valence-corrected chi connectivity index (χ1v) is 24.1. The van der Waals surface area contributed by atoms with Crippen LogP contribution < -0.4 is 9.80 Å². The van der Waals surface area contributed by atoms with E-state index in [1.54, 1.807) is 0 Å². The lowest BCUT2D eigenvalue weighted by molar-refractivity contribution is 0.664. The van der Waals surface area contributed by atoms with E-state index >= 15 is 0 Å². The van der Waals surface area contributed by atoms with Gasteiger partial charge in [-0.3, -0.25) is 0 Å². The van der Waals surface area contributed by atoms with Crippen LogP contribution in [0.5, 0.6) is 0 Å². The first kappa shape index (κ1) is 43.0. The van der Waals surface area contributed by atoms with Crippen molar-refractivity contribution in [2.24, 2.45) is 5.92 Å². The monoisotopic (exact) mass is 858 g/mol. The molecular weight excluding hydrogens is 797 g/mol. The minimum atomic E-state index is 0.289. The molecule has 0 fully saturated rings. The maximum Gasteiger partial charge on any atom is 0.0543 e. The zero-order chi connectivity index (χ0) is 46.0. The molecule has 1 unspecified atom stereocenters. The van der Waals surface area contributed by atoms with E-state index in [9.17, 15) is 0 Å². The van der Waals surface area contributed by atoms with Crippen LogP contribution in [-0.2, 0) is 0 Å². The van der Waals surface area contributed by atoms with E-state index in [1.165, 1.54) is 128 Å². The predicted molar refractivity (Wildman–Crippen MR) is 287 cm³/mol. The van der Waals surface area contributed by atoms with Crippen molar-refractivity contribution in [2.75, 3.05) is 9.80 Å². The van der Waals surface area contributed by atoms with Crippen LogP contribution in [0.4, 0.5) is 28.4 Å². The summed E-state index contributed by atoms with van der Waals surface area (Å²) in [7, 11) is 0. The summed E-state index contributed by atoms with van der Waals surface area (Å²) in [5.74, 6) is 0.891. The van der Waals surface area contributed by atoms with Crippen LogP contribution in [0.1, 0.15) is 98.7 Å². The Morgan fingerprint density at radius 1 is 0.485 bits per heavy atom. The van der Waals surface area contributed by atoms with Crippen LogP contribution in [0.2, 0.25) is 0 Å². The number of hydrogen-bond acceptors (Lipinski definition) is 2. The normalized spacial score (nSPS) is 14.3. The number of allylic oxidation sites excluding steroid dienone is 4. The molecule has 0 saturated carbocycles. The molecule has 1 aliphatic rings. The molecule has 9 aromatic rings. The minimum Gasteiger partial charge on any atom is -0.313 e. The van der Waals surface area contributed by atoms with Gasteiger partial charge in [-0.1, -0.05) is 162 Å². The fourth-order valence-corrected chi connectivity index (χ4v) is 11.2. The second kappa shape index (κ2) is 17.1. The van der Waals surface area contributed by atoms with Gasteiger partial charge in [0, 0.05) is 33.8 Å². The average Bonchev–Trinajstić information content (AvgIpc) is 3.31. The fourth-order valence-electron chi connectivity index (χ4n) is 11.2. The molecule has 9 aromatic carbocycles. The van der Waals surface area contributed by atoms with Gasteiger partial charge in [-0.05, 0) is 172 Å². The first-order valence-electron chi connectivity index (χ1n) is 24.1. The number of anilines is 5. The largest absolute Gasteiger partial charge is 0.313 e. The van der Waals surface area contributed by atoms with Gasteiger partial charge in [-0.2, -0.15) is 0 Å². The third-order valence-electron chi connectivity index (χ3n) is 14.4. The highest BCUT2D eigenvalue weighted by Crippen LogP contribution is 2.53. The zero-order valence-corrected chi connectivity index (χ0v) is 40.4. The summed E-state index contributed by atoms with van der Waals surface area (Å²) in [6.07, 6.45) is 3.44. The summed E-state index contributed by atoms with van der Waals surface area (Å²) in [6.45, 7) is 23.3. The molecular formula is C64H62N2. The number of rotatable bonds is 10. The Bertz CT molecular complexity index is 3350. The van der Waals surface area contributed by atoms with Gasteiger partial charge in [0.15, 0.2) is 0 Å². The lowest BCUT2D eigenvalue weighted by Gasteiger charge is -2.37. The lowest BCUT2D eigenvalue weighted by atomic mass is 9.82. The Hall–Kier alpha value is -6.90. The molecule has 0 saturated heterocycles. The molecule has 2 nitrogen and oxygen atoms in total. The van der Waals surface area contributed by atoms with E-state index < -0.39 is 0 Å². The summed E-state index contributed by atoms with van der Waals surface area (Å²) in [5.41, 5.74) is 21.6. The van der Waals surface area contributed by atoms with Crippen molar-refractivity contribution in [3.05, 3.63) is 214 Å². The van der Waals surface area contributed by atoms with E-state index in [1.807, 2.05) is 0 Å². The summed E-state index contributed by atoms with van der Waals surface area (Å²) in [5, 5.41) is 7.92. The van der Waals surface area contributed by atoms with E-state index in [4.69, 9.17) is 0 Å². The third-order valence-corrected chi connectivity index (χ3v) is 14.4.